The topological polar surface area (TPSA) is 79.3 Å². The smallest absolute Gasteiger partial charge is 0.307 e. The van der Waals surface area contributed by atoms with Gasteiger partial charge in [-0.05, 0) is 40.8 Å². The van der Waals surface area contributed by atoms with E-state index in [1.165, 1.54) is 6.20 Å². The van der Waals surface area contributed by atoms with Gasteiger partial charge in [0.05, 0.1) is 28.2 Å². The number of carbonyl (C=O) groups is 2. The Bertz CT molecular complexity index is 567. The van der Waals surface area contributed by atoms with Crippen molar-refractivity contribution in [3.63, 3.8) is 0 Å². The van der Waals surface area contributed by atoms with E-state index < -0.39 is 17.8 Å². The van der Waals surface area contributed by atoms with Gasteiger partial charge in [0.15, 0.2) is 0 Å². The standard InChI is InChI=1S/C14H16BrClN2O3/c1-2-7-3-9(10(4-7)14(20)21)13(19)18-8-5-11(15)12(16)17-6-8/h5-7,9-10H,2-4H2,1H3,(H,18,19)(H,20,21). The first-order valence-electron chi connectivity index (χ1n) is 6.77. The lowest BCUT2D eigenvalue weighted by molar-refractivity contribution is -0.145. The number of amides is 1. The van der Waals surface area contributed by atoms with Gasteiger partial charge in [0, 0.05) is 0 Å². The fourth-order valence-corrected chi connectivity index (χ4v) is 3.22. The van der Waals surface area contributed by atoms with E-state index in [2.05, 4.69) is 26.2 Å². The highest BCUT2D eigenvalue weighted by molar-refractivity contribution is 9.10. The molecule has 5 nitrogen and oxygen atoms in total. The Balaban J connectivity index is 2.11. The van der Waals surface area contributed by atoms with Gasteiger partial charge in [0.2, 0.25) is 5.91 Å². The average Bonchev–Trinajstić information content (AvgIpc) is 2.87. The molecule has 0 aromatic carbocycles. The molecular weight excluding hydrogens is 360 g/mol. The zero-order chi connectivity index (χ0) is 15.6. The molecule has 1 fully saturated rings. The van der Waals surface area contributed by atoms with Crippen molar-refractivity contribution in [1.29, 1.82) is 0 Å². The zero-order valence-corrected chi connectivity index (χ0v) is 13.8. The van der Waals surface area contributed by atoms with E-state index >= 15 is 0 Å². The van der Waals surface area contributed by atoms with Crippen LogP contribution in [-0.4, -0.2) is 22.0 Å². The molecular formula is C14H16BrClN2O3. The Labute approximate surface area is 136 Å². The molecule has 0 spiro atoms. The lowest BCUT2D eigenvalue weighted by Gasteiger charge is -2.15. The Hall–Kier alpha value is -1.14. The molecule has 0 bridgehead atoms. The van der Waals surface area contributed by atoms with Crippen LogP contribution in [0.25, 0.3) is 0 Å². The molecule has 1 heterocycles. The van der Waals surface area contributed by atoms with Gasteiger partial charge in [-0.2, -0.15) is 0 Å². The summed E-state index contributed by atoms with van der Waals surface area (Å²) in [5.41, 5.74) is 0.500. The molecule has 3 unspecified atom stereocenters. The van der Waals surface area contributed by atoms with Crippen LogP contribution in [0, 0.1) is 17.8 Å². The molecule has 114 valence electrons. The SMILES string of the molecule is CCC1CC(C(=O)O)C(C(=O)Nc2cnc(Cl)c(Br)c2)C1. The summed E-state index contributed by atoms with van der Waals surface area (Å²) in [7, 11) is 0. The summed E-state index contributed by atoms with van der Waals surface area (Å²) < 4.78 is 0.578. The summed E-state index contributed by atoms with van der Waals surface area (Å²) >= 11 is 9.03. The highest BCUT2D eigenvalue weighted by atomic mass is 79.9. The molecule has 0 radical (unpaired) electrons. The monoisotopic (exact) mass is 374 g/mol. The summed E-state index contributed by atoms with van der Waals surface area (Å²) in [5.74, 6) is -1.99. The molecule has 1 aromatic rings. The van der Waals surface area contributed by atoms with E-state index in [-0.39, 0.29) is 11.8 Å². The van der Waals surface area contributed by atoms with Gasteiger partial charge in [-0.3, -0.25) is 9.59 Å². The first-order valence-corrected chi connectivity index (χ1v) is 7.94. The molecule has 2 rings (SSSR count). The Morgan fingerprint density at radius 1 is 1.48 bits per heavy atom. The molecule has 2 N–H and O–H groups in total. The van der Waals surface area contributed by atoms with Crippen LogP contribution in [0.15, 0.2) is 16.7 Å². The molecule has 7 heteroatoms. The highest BCUT2D eigenvalue weighted by Gasteiger charge is 2.42. The van der Waals surface area contributed by atoms with Gasteiger partial charge in [-0.25, -0.2) is 4.98 Å². The number of nitrogens with zero attached hydrogens (tertiary/aromatic N) is 1. The Morgan fingerprint density at radius 2 is 2.14 bits per heavy atom. The van der Waals surface area contributed by atoms with Gasteiger partial charge in [0.1, 0.15) is 5.15 Å². The third-order valence-corrected chi connectivity index (χ3v) is 5.09. The van der Waals surface area contributed by atoms with Crippen LogP contribution in [0.1, 0.15) is 26.2 Å². The number of rotatable bonds is 4. The van der Waals surface area contributed by atoms with Crippen molar-refractivity contribution in [2.45, 2.75) is 26.2 Å². The molecule has 1 aromatic heterocycles. The molecule has 0 saturated heterocycles. The van der Waals surface area contributed by atoms with Crippen molar-refractivity contribution in [1.82, 2.24) is 4.98 Å². The lowest BCUT2D eigenvalue weighted by atomic mass is 9.95. The zero-order valence-electron chi connectivity index (χ0n) is 11.5. The summed E-state index contributed by atoms with van der Waals surface area (Å²) in [5, 5.41) is 12.3. The van der Waals surface area contributed by atoms with Crippen molar-refractivity contribution in [2.24, 2.45) is 17.8 Å². The third-order valence-electron chi connectivity index (χ3n) is 3.96. The molecule has 0 aliphatic heterocycles. The number of carboxylic acids is 1. The van der Waals surface area contributed by atoms with E-state index in [0.717, 1.165) is 6.42 Å². The number of hydrogen-bond acceptors (Lipinski definition) is 3. The number of halogens is 2. The van der Waals surface area contributed by atoms with Crippen LogP contribution < -0.4 is 5.32 Å². The largest absolute Gasteiger partial charge is 0.481 e. The van der Waals surface area contributed by atoms with Crippen LogP contribution in [0.5, 0.6) is 0 Å². The van der Waals surface area contributed by atoms with Crippen LogP contribution in [0.4, 0.5) is 5.69 Å². The molecule has 1 aliphatic carbocycles. The van der Waals surface area contributed by atoms with Crippen molar-refractivity contribution < 1.29 is 14.7 Å². The average molecular weight is 376 g/mol. The predicted molar refractivity (Wildman–Crippen MR) is 83.2 cm³/mol. The predicted octanol–water partition coefficient (Wildman–Crippen LogP) is 3.57. The molecule has 1 saturated carbocycles. The minimum atomic E-state index is -0.901. The van der Waals surface area contributed by atoms with Gasteiger partial charge < -0.3 is 10.4 Å². The number of anilines is 1. The molecule has 3 atom stereocenters. The third kappa shape index (κ3) is 3.74. The van der Waals surface area contributed by atoms with E-state index in [1.54, 1.807) is 6.07 Å². The number of nitrogens with one attached hydrogen (secondary N) is 1. The number of aliphatic carboxylic acids is 1. The van der Waals surface area contributed by atoms with E-state index in [1.807, 2.05) is 6.92 Å². The number of aromatic nitrogens is 1. The number of hydrogen-bond donors (Lipinski definition) is 2. The van der Waals surface area contributed by atoms with Crippen LogP contribution in [0.3, 0.4) is 0 Å². The van der Waals surface area contributed by atoms with Crippen molar-refractivity contribution in [2.75, 3.05) is 5.32 Å². The second kappa shape index (κ2) is 6.75. The minimum absolute atomic E-state index is 0.269. The number of pyridine rings is 1. The van der Waals surface area contributed by atoms with Gasteiger partial charge in [0.25, 0.3) is 0 Å². The van der Waals surface area contributed by atoms with Crippen molar-refractivity contribution in [3.8, 4) is 0 Å². The van der Waals surface area contributed by atoms with E-state index in [9.17, 15) is 14.7 Å². The normalized spacial score (nSPS) is 24.8. The maximum Gasteiger partial charge on any atom is 0.307 e. The number of carbonyl (C=O) groups excluding carboxylic acids is 1. The Kier molecular flexibility index (Phi) is 5.22. The van der Waals surface area contributed by atoms with Crippen molar-refractivity contribution >= 4 is 45.1 Å². The van der Waals surface area contributed by atoms with Gasteiger partial charge in [-0.1, -0.05) is 24.9 Å². The van der Waals surface area contributed by atoms with Crippen LogP contribution in [0.2, 0.25) is 5.15 Å². The van der Waals surface area contributed by atoms with E-state index in [0.29, 0.717) is 28.2 Å². The van der Waals surface area contributed by atoms with Gasteiger partial charge >= 0.3 is 5.97 Å². The summed E-state index contributed by atoms with van der Waals surface area (Å²) in [6.07, 6.45) is 3.52. The maximum atomic E-state index is 12.3. The first-order chi connectivity index (χ1) is 9.92. The van der Waals surface area contributed by atoms with Crippen molar-refractivity contribution in [3.05, 3.63) is 21.9 Å². The minimum Gasteiger partial charge on any atom is -0.481 e. The molecule has 1 amide bonds. The summed E-state index contributed by atoms with van der Waals surface area (Å²) in [6.45, 7) is 2.02. The molecule has 21 heavy (non-hydrogen) atoms. The van der Waals surface area contributed by atoms with E-state index in [4.69, 9.17) is 11.6 Å². The lowest BCUT2D eigenvalue weighted by Crippen LogP contribution is -2.30. The summed E-state index contributed by atoms with van der Waals surface area (Å²) in [6, 6.07) is 1.65. The second-order valence-corrected chi connectivity index (χ2v) is 6.50. The van der Waals surface area contributed by atoms with Crippen LogP contribution >= 0.6 is 27.5 Å². The van der Waals surface area contributed by atoms with Gasteiger partial charge in [-0.15, -0.1) is 0 Å². The first kappa shape index (κ1) is 16.2. The fraction of sp³-hybridized carbons (Fsp3) is 0.500. The van der Waals surface area contributed by atoms with Crippen LogP contribution in [-0.2, 0) is 9.59 Å². The second-order valence-electron chi connectivity index (χ2n) is 5.28. The fourth-order valence-electron chi connectivity index (χ4n) is 2.76. The maximum absolute atomic E-state index is 12.3. The molecule has 1 aliphatic rings. The number of carboxylic acid groups (broad SMARTS) is 1. The Morgan fingerprint density at radius 3 is 2.71 bits per heavy atom. The quantitative estimate of drug-likeness (QED) is 0.788. The highest BCUT2D eigenvalue weighted by Crippen LogP contribution is 2.39. The summed E-state index contributed by atoms with van der Waals surface area (Å²) in [4.78, 5) is 27.6.